The highest BCUT2D eigenvalue weighted by atomic mass is 35.5. The summed E-state index contributed by atoms with van der Waals surface area (Å²) in [5, 5.41) is 0. The maximum atomic E-state index is 11.3. The Morgan fingerprint density at radius 3 is 2.93 bits per heavy atom. The zero-order valence-electron chi connectivity index (χ0n) is 8.18. The van der Waals surface area contributed by atoms with Crippen LogP contribution in [0.3, 0.4) is 0 Å². The number of carbonyl (C=O) groups is 1. The topological polar surface area (TPSA) is 17.1 Å². The summed E-state index contributed by atoms with van der Waals surface area (Å²) in [4.78, 5) is 12.6. The molecule has 0 saturated heterocycles. The van der Waals surface area contributed by atoms with Gasteiger partial charge in [0.25, 0.3) is 0 Å². The van der Waals surface area contributed by atoms with E-state index in [-0.39, 0.29) is 0 Å². The Morgan fingerprint density at radius 1 is 1.57 bits per heavy atom. The van der Waals surface area contributed by atoms with Gasteiger partial charge < -0.3 is 0 Å². The van der Waals surface area contributed by atoms with Gasteiger partial charge in [0.15, 0.2) is 0 Å². The van der Waals surface area contributed by atoms with Gasteiger partial charge in [-0.15, -0.1) is 11.3 Å². The molecule has 0 N–H and O–H groups in total. The molecule has 1 aromatic heterocycles. The lowest BCUT2D eigenvalue weighted by molar-refractivity contribution is -0.120. The Morgan fingerprint density at radius 2 is 2.36 bits per heavy atom. The Kier molecular flexibility index (Phi) is 2.93. The lowest BCUT2D eigenvalue weighted by atomic mass is 9.87. The number of thiophene rings is 1. The molecule has 1 aliphatic rings. The van der Waals surface area contributed by atoms with Gasteiger partial charge in [-0.25, -0.2) is 0 Å². The molecular formula is C11H13ClOS. The Balaban J connectivity index is 2.17. The predicted molar refractivity (Wildman–Crippen MR) is 60.3 cm³/mol. The van der Waals surface area contributed by atoms with Crippen molar-refractivity contribution in [2.75, 3.05) is 0 Å². The van der Waals surface area contributed by atoms with Gasteiger partial charge in [-0.2, -0.15) is 0 Å². The molecule has 1 nitrogen and oxygen atoms in total. The fourth-order valence-corrected chi connectivity index (χ4v) is 3.30. The molecule has 0 aliphatic heterocycles. The number of hydrogen-bond acceptors (Lipinski definition) is 2. The van der Waals surface area contributed by atoms with Gasteiger partial charge in [0, 0.05) is 23.6 Å². The van der Waals surface area contributed by atoms with Crippen molar-refractivity contribution in [1.29, 1.82) is 0 Å². The lowest BCUT2D eigenvalue weighted by Crippen LogP contribution is -2.12. The molecule has 0 bridgehead atoms. The molecule has 1 aromatic rings. The molecule has 14 heavy (non-hydrogen) atoms. The minimum Gasteiger partial charge on any atom is -0.300 e. The van der Waals surface area contributed by atoms with Crippen LogP contribution in [0.15, 0.2) is 6.07 Å². The number of rotatable bonds is 1. The fraction of sp³-hybridized carbons (Fsp3) is 0.545. The van der Waals surface area contributed by atoms with Crippen molar-refractivity contribution in [3.8, 4) is 0 Å². The number of aryl methyl sites for hydroxylation is 1. The standard InChI is InChI=1S/C11H13ClOS/c1-7-5-10(14-11(7)12)8-3-2-4-9(13)6-8/h5,8H,2-4,6H2,1H3. The number of hydrogen-bond donors (Lipinski definition) is 0. The molecule has 0 amide bonds. The van der Waals surface area contributed by atoms with Crippen molar-refractivity contribution in [1.82, 2.24) is 0 Å². The molecule has 1 atom stereocenters. The van der Waals surface area contributed by atoms with Gasteiger partial charge in [0.05, 0.1) is 4.34 Å². The monoisotopic (exact) mass is 228 g/mol. The molecule has 0 spiro atoms. The SMILES string of the molecule is Cc1cc(C2CCCC(=O)C2)sc1Cl. The highest BCUT2D eigenvalue weighted by Gasteiger charge is 2.22. The van der Waals surface area contributed by atoms with E-state index >= 15 is 0 Å². The van der Waals surface area contributed by atoms with Gasteiger partial charge in [0.1, 0.15) is 5.78 Å². The average molecular weight is 229 g/mol. The first kappa shape index (κ1) is 10.2. The molecule has 1 aliphatic carbocycles. The molecule has 3 heteroatoms. The van der Waals surface area contributed by atoms with Crippen LogP contribution in [0.5, 0.6) is 0 Å². The molecule has 1 saturated carbocycles. The Bertz CT molecular complexity index is 337. The third kappa shape index (κ3) is 2.01. The van der Waals surface area contributed by atoms with Crippen LogP contribution < -0.4 is 0 Å². The zero-order chi connectivity index (χ0) is 10.1. The predicted octanol–water partition coefficient (Wildman–Crippen LogP) is 3.94. The highest BCUT2D eigenvalue weighted by Crippen LogP contribution is 2.38. The fourth-order valence-electron chi connectivity index (χ4n) is 1.95. The summed E-state index contributed by atoms with van der Waals surface area (Å²) in [6.07, 6.45) is 3.67. The van der Waals surface area contributed by atoms with Crippen LogP contribution in [-0.4, -0.2) is 5.78 Å². The van der Waals surface area contributed by atoms with Crippen LogP contribution in [0, 0.1) is 6.92 Å². The molecule has 1 fully saturated rings. The quantitative estimate of drug-likeness (QED) is 0.712. The summed E-state index contributed by atoms with van der Waals surface area (Å²) in [7, 11) is 0. The van der Waals surface area contributed by atoms with Crippen molar-refractivity contribution in [3.05, 3.63) is 20.8 Å². The molecule has 0 radical (unpaired) electrons. The van der Waals surface area contributed by atoms with Crippen molar-refractivity contribution in [2.24, 2.45) is 0 Å². The largest absolute Gasteiger partial charge is 0.300 e. The van der Waals surface area contributed by atoms with Crippen molar-refractivity contribution in [3.63, 3.8) is 0 Å². The molecule has 1 heterocycles. The van der Waals surface area contributed by atoms with Crippen LogP contribution in [-0.2, 0) is 4.79 Å². The van der Waals surface area contributed by atoms with Crippen LogP contribution in [0.1, 0.15) is 42.0 Å². The maximum absolute atomic E-state index is 11.3. The van der Waals surface area contributed by atoms with Crippen LogP contribution in [0.2, 0.25) is 4.34 Å². The molecule has 1 unspecified atom stereocenters. The molecular weight excluding hydrogens is 216 g/mol. The number of Topliss-reactive ketones (excluding diaryl/α,β-unsaturated/α-hetero) is 1. The summed E-state index contributed by atoms with van der Waals surface area (Å²) in [5.41, 5.74) is 1.14. The minimum absolute atomic E-state index is 0.406. The van der Waals surface area contributed by atoms with E-state index in [0.717, 1.165) is 35.6 Å². The highest BCUT2D eigenvalue weighted by molar-refractivity contribution is 7.16. The van der Waals surface area contributed by atoms with E-state index in [1.807, 2.05) is 6.92 Å². The summed E-state index contributed by atoms with van der Waals surface area (Å²) in [5.74, 6) is 0.843. The number of carbonyl (C=O) groups excluding carboxylic acids is 1. The van der Waals surface area contributed by atoms with E-state index in [0.29, 0.717) is 11.7 Å². The van der Waals surface area contributed by atoms with E-state index in [4.69, 9.17) is 11.6 Å². The minimum atomic E-state index is 0.406. The van der Waals surface area contributed by atoms with E-state index in [1.54, 1.807) is 11.3 Å². The first-order chi connectivity index (χ1) is 6.66. The third-order valence-corrected chi connectivity index (χ3v) is 4.48. The maximum Gasteiger partial charge on any atom is 0.133 e. The van der Waals surface area contributed by atoms with Gasteiger partial charge in [0.2, 0.25) is 0 Å². The Hall–Kier alpha value is -0.340. The molecule has 2 rings (SSSR count). The number of ketones is 1. The first-order valence-electron chi connectivity index (χ1n) is 4.94. The van der Waals surface area contributed by atoms with Crippen molar-refractivity contribution < 1.29 is 4.79 Å². The second-order valence-corrected chi connectivity index (χ2v) is 5.62. The second-order valence-electron chi connectivity index (χ2n) is 3.94. The summed E-state index contributed by atoms with van der Waals surface area (Å²) in [6, 6.07) is 2.14. The van der Waals surface area contributed by atoms with Crippen molar-refractivity contribution >= 4 is 28.7 Å². The lowest BCUT2D eigenvalue weighted by Gasteiger charge is -2.19. The normalized spacial score (nSPS) is 22.7. The zero-order valence-corrected chi connectivity index (χ0v) is 9.75. The van der Waals surface area contributed by atoms with Crippen molar-refractivity contribution in [2.45, 2.75) is 38.5 Å². The van der Waals surface area contributed by atoms with Crippen LogP contribution in [0.4, 0.5) is 0 Å². The smallest absolute Gasteiger partial charge is 0.133 e. The molecule has 76 valence electrons. The summed E-state index contributed by atoms with van der Waals surface area (Å²) in [6.45, 7) is 2.02. The summed E-state index contributed by atoms with van der Waals surface area (Å²) < 4.78 is 0.873. The third-order valence-electron chi connectivity index (χ3n) is 2.76. The van der Waals surface area contributed by atoms with E-state index < -0.39 is 0 Å². The second kappa shape index (κ2) is 4.03. The molecule has 0 aromatic carbocycles. The van der Waals surface area contributed by atoms with Gasteiger partial charge in [-0.05, 0) is 31.4 Å². The van der Waals surface area contributed by atoms with E-state index in [2.05, 4.69) is 6.07 Å². The van der Waals surface area contributed by atoms with Gasteiger partial charge >= 0.3 is 0 Å². The van der Waals surface area contributed by atoms with E-state index in [9.17, 15) is 4.79 Å². The van der Waals surface area contributed by atoms with E-state index in [1.165, 1.54) is 4.88 Å². The van der Waals surface area contributed by atoms with Crippen LogP contribution >= 0.6 is 22.9 Å². The number of halogens is 1. The summed E-state index contributed by atoms with van der Waals surface area (Å²) >= 11 is 7.65. The van der Waals surface area contributed by atoms with Gasteiger partial charge in [-0.3, -0.25) is 4.79 Å². The van der Waals surface area contributed by atoms with Gasteiger partial charge in [-0.1, -0.05) is 11.6 Å². The Labute approximate surface area is 93.1 Å². The first-order valence-corrected chi connectivity index (χ1v) is 6.14. The van der Waals surface area contributed by atoms with Crippen LogP contribution in [0.25, 0.3) is 0 Å². The average Bonchev–Trinajstić information content (AvgIpc) is 2.47.